The maximum Gasteiger partial charge on any atom is 0.214 e. The summed E-state index contributed by atoms with van der Waals surface area (Å²) >= 11 is 7.12. The van der Waals surface area contributed by atoms with E-state index in [1.165, 1.54) is 11.3 Å². The second-order valence-corrected chi connectivity index (χ2v) is 5.42. The maximum absolute atomic E-state index is 10.7. The Morgan fingerprint density at radius 2 is 2.25 bits per heavy atom. The fraction of sp³-hybridized carbons (Fsp3) is 0.333. The fourth-order valence-corrected chi connectivity index (χ4v) is 3.14. The van der Waals surface area contributed by atoms with Gasteiger partial charge in [0, 0.05) is 4.88 Å². The second kappa shape index (κ2) is 3.33. The lowest BCUT2D eigenvalue weighted by molar-refractivity contribution is 0.597. The first kappa shape index (κ1) is 9.98. The number of rotatable bonds is 2. The molecule has 1 aromatic heterocycles. The molecular formula is C6H8ClNO2S2. The molecule has 0 spiro atoms. The molecule has 0 radical (unpaired) electrons. The molecule has 0 fully saturated rings. The molecule has 0 atom stereocenters. The van der Waals surface area contributed by atoms with E-state index in [1.54, 1.807) is 0 Å². The van der Waals surface area contributed by atoms with Crippen molar-refractivity contribution in [3.63, 3.8) is 0 Å². The molecule has 1 aromatic rings. The molecule has 0 aliphatic carbocycles. The van der Waals surface area contributed by atoms with Crippen molar-refractivity contribution in [2.24, 2.45) is 5.14 Å². The van der Waals surface area contributed by atoms with Gasteiger partial charge in [-0.25, -0.2) is 13.6 Å². The van der Waals surface area contributed by atoms with Gasteiger partial charge in [-0.05, 0) is 17.9 Å². The van der Waals surface area contributed by atoms with Gasteiger partial charge < -0.3 is 0 Å². The van der Waals surface area contributed by atoms with Crippen LogP contribution in [0.3, 0.4) is 0 Å². The van der Waals surface area contributed by atoms with Gasteiger partial charge in [0.15, 0.2) is 0 Å². The monoisotopic (exact) mass is 225 g/mol. The summed E-state index contributed by atoms with van der Waals surface area (Å²) in [6.07, 6.45) is 0. The van der Waals surface area contributed by atoms with E-state index < -0.39 is 10.0 Å². The molecule has 0 unspecified atom stereocenters. The van der Waals surface area contributed by atoms with Gasteiger partial charge in [0.1, 0.15) is 0 Å². The smallest absolute Gasteiger partial charge is 0.214 e. The number of hydrogen-bond donors (Lipinski definition) is 1. The van der Waals surface area contributed by atoms with Crippen molar-refractivity contribution in [3.8, 4) is 0 Å². The molecule has 0 aliphatic rings. The number of thiophene rings is 1. The Labute approximate surface area is 80.2 Å². The summed E-state index contributed by atoms with van der Waals surface area (Å²) < 4.78 is 21.4. The average molecular weight is 226 g/mol. The van der Waals surface area contributed by atoms with Gasteiger partial charge in [-0.2, -0.15) is 0 Å². The van der Waals surface area contributed by atoms with Crippen molar-refractivity contribution in [3.05, 3.63) is 20.8 Å². The lowest BCUT2D eigenvalue weighted by Crippen LogP contribution is -2.13. The summed E-state index contributed by atoms with van der Waals surface area (Å²) in [5.74, 6) is -0.176. The highest BCUT2D eigenvalue weighted by Crippen LogP contribution is 2.28. The van der Waals surface area contributed by atoms with Crippen molar-refractivity contribution >= 4 is 33.0 Å². The Balaban J connectivity index is 2.99. The first-order chi connectivity index (χ1) is 5.40. The molecule has 1 heterocycles. The Hall–Kier alpha value is -0.100. The molecular weight excluding hydrogens is 218 g/mol. The van der Waals surface area contributed by atoms with Crippen LogP contribution in [-0.2, 0) is 15.8 Å². The van der Waals surface area contributed by atoms with Gasteiger partial charge >= 0.3 is 0 Å². The summed E-state index contributed by atoms with van der Waals surface area (Å²) in [6, 6.07) is 0. The molecule has 2 N–H and O–H groups in total. The molecule has 0 aromatic carbocycles. The average Bonchev–Trinajstić information content (AvgIpc) is 2.16. The first-order valence-electron chi connectivity index (χ1n) is 3.13. The van der Waals surface area contributed by atoms with Crippen LogP contribution in [0.4, 0.5) is 0 Å². The Morgan fingerprint density at radius 1 is 1.67 bits per heavy atom. The van der Waals surface area contributed by atoms with Crippen LogP contribution in [0.1, 0.15) is 10.4 Å². The van der Waals surface area contributed by atoms with Crippen LogP contribution in [0.5, 0.6) is 0 Å². The summed E-state index contributed by atoms with van der Waals surface area (Å²) in [7, 11) is -3.46. The van der Waals surface area contributed by atoms with Crippen molar-refractivity contribution in [1.82, 2.24) is 0 Å². The summed E-state index contributed by atoms with van der Waals surface area (Å²) in [5, 5.41) is 7.18. The molecule has 0 amide bonds. The van der Waals surface area contributed by atoms with Crippen LogP contribution in [0, 0.1) is 6.92 Å². The summed E-state index contributed by atoms with van der Waals surface area (Å²) in [5.41, 5.74) is 0.889. The third-order valence-electron chi connectivity index (χ3n) is 1.30. The normalized spacial score (nSPS) is 11.9. The highest BCUT2D eigenvalue weighted by atomic mass is 35.5. The number of sulfonamides is 1. The van der Waals surface area contributed by atoms with Crippen molar-refractivity contribution < 1.29 is 8.42 Å². The van der Waals surface area contributed by atoms with E-state index in [-0.39, 0.29) is 5.75 Å². The van der Waals surface area contributed by atoms with Gasteiger partial charge in [0.25, 0.3) is 0 Å². The van der Waals surface area contributed by atoms with Crippen molar-refractivity contribution in [2.45, 2.75) is 12.7 Å². The number of aryl methyl sites for hydroxylation is 1. The third kappa shape index (κ3) is 2.45. The Morgan fingerprint density at radius 3 is 2.58 bits per heavy atom. The van der Waals surface area contributed by atoms with Crippen LogP contribution in [0.25, 0.3) is 0 Å². The van der Waals surface area contributed by atoms with Gasteiger partial charge in [0.2, 0.25) is 10.0 Å². The highest BCUT2D eigenvalue weighted by Gasteiger charge is 2.11. The zero-order chi connectivity index (χ0) is 9.35. The fourth-order valence-electron chi connectivity index (χ4n) is 0.763. The van der Waals surface area contributed by atoms with Crippen LogP contribution in [0.2, 0.25) is 5.02 Å². The van der Waals surface area contributed by atoms with E-state index in [9.17, 15) is 8.42 Å². The van der Waals surface area contributed by atoms with E-state index in [4.69, 9.17) is 16.7 Å². The zero-order valence-corrected chi connectivity index (χ0v) is 8.76. The lowest BCUT2D eigenvalue weighted by Gasteiger charge is -1.95. The molecule has 0 bridgehead atoms. The van der Waals surface area contributed by atoms with Gasteiger partial charge in [0.05, 0.1) is 10.8 Å². The van der Waals surface area contributed by atoms with Crippen molar-refractivity contribution in [2.75, 3.05) is 0 Å². The van der Waals surface area contributed by atoms with Crippen LogP contribution in [0.15, 0.2) is 5.38 Å². The largest absolute Gasteiger partial charge is 0.228 e. The molecule has 0 aliphatic heterocycles. The maximum atomic E-state index is 10.7. The minimum absolute atomic E-state index is 0.176. The molecule has 1 rings (SSSR count). The third-order valence-corrected chi connectivity index (χ3v) is 3.92. The van der Waals surface area contributed by atoms with E-state index >= 15 is 0 Å². The minimum atomic E-state index is -3.46. The Kier molecular flexibility index (Phi) is 2.77. The zero-order valence-electron chi connectivity index (χ0n) is 6.37. The molecule has 6 heteroatoms. The number of halogens is 1. The van der Waals surface area contributed by atoms with Crippen LogP contribution in [-0.4, -0.2) is 8.42 Å². The van der Waals surface area contributed by atoms with Crippen LogP contribution >= 0.6 is 22.9 Å². The molecule has 68 valence electrons. The van der Waals surface area contributed by atoms with E-state index in [0.29, 0.717) is 9.90 Å². The predicted octanol–water partition coefficient (Wildman–Crippen LogP) is 1.50. The quantitative estimate of drug-likeness (QED) is 0.829. The second-order valence-electron chi connectivity index (χ2n) is 2.46. The van der Waals surface area contributed by atoms with Crippen LogP contribution < -0.4 is 5.14 Å². The predicted molar refractivity (Wildman–Crippen MR) is 50.9 cm³/mol. The SMILES string of the molecule is Cc1csc(CS(N)(=O)=O)c1Cl. The van der Waals surface area contributed by atoms with E-state index in [0.717, 1.165) is 5.56 Å². The Bertz CT molecular complexity index is 382. The van der Waals surface area contributed by atoms with Gasteiger partial charge in [-0.1, -0.05) is 11.6 Å². The van der Waals surface area contributed by atoms with Gasteiger partial charge in [-0.3, -0.25) is 0 Å². The summed E-state index contributed by atoms with van der Waals surface area (Å²) in [4.78, 5) is 0.608. The lowest BCUT2D eigenvalue weighted by atomic mass is 10.3. The minimum Gasteiger partial charge on any atom is -0.228 e. The number of primary sulfonamides is 1. The molecule has 0 saturated heterocycles. The van der Waals surface area contributed by atoms with E-state index in [1.807, 2.05) is 12.3 Å². The highest BCUT2D eigenvalue weighted by molar-refractivity contribution is 7.88. The molecule has 3 nitrogen and oxygen atoms in total. The first-order valence-corrected chi connectivity index (χ1v) is 6.10. The topological polar surface area (TPSA) is 60.2 Å². The van der Waals surface area contributed by atoms with Crippen molar-refractivity contribution in [1.29, 1.82) is 0 Å². The number of nitrogens with two attached hydrogens (primary N) is 1. The van der Waals surface area contributed by atoms with Gasteiger partial charge in [-0.15, -0.1) is 11.3 Å². The molecule has 0 saturated carbocycles. The number of hydrogen-bond acceptors (Lipinski definition) is 3. The summed E-state index contributed by atoms with van der Waals surface area (Å²) in [6.45, 7) is 1.82. The standard InChI is InChI=1S/C6H8ClNO2S2/c1-4-2-11-5(6(4)7)3-12(8,9)10/h2H,3H2,1H3,(H2,8,9,10). The molecule has 12 heavy (non-hydrogen) atoms. The van der Waals surface area contributed by atoms with E-state index in [2.05, 4.69) is 0 Å².